The molecule has 6 heteroatoms. The fourth-order valence-corrected chi connectivity index (χ4v) is 2.61. The number of ether oxygens (including phenoxy) is 1. The maximum absolute atomic E-state index is 12.5. The highest BCUT2D eigenvalue weighted by Crippen LogP contribution is 2.29. The molecule has 2 N–H and O–H groups in total. The van der Waals surface area contributed by atoms with Crippen LogP contribution in [0.1, 0.15) is 22.8 Å². The summed E-state index contributed by atoms with van der Waals surface area (Å²) >= 11 is 0. The molecule has 1 aliphatic rings. The van der Waals surface area contributed by atoms with Gasteiger partial charge < -0.3 is 15.4 Å². The monoisotopic (exact) mass is 336 g/mol. The minimum Gasteiger partial charge on any atom is -0.381 e. The number of hydrogen-bond acceptors (Lipinski definition) is 3. The molecule has 0 saturated carbocycles. The lowest BCUT2D eigenvalue weighted by molar-refractivity contribution is -0.137. The molecule has 128 valence electrons. The van der Waals surface area contributed by atoms with E-state index in [0.29, 0.717) is 13.2 Å². The highest BCUT2D eigenvalue weighted by atomic mass is 19.4. The summed E-state index contributed by atoms with van der Waals surface area (Å²) < 4.78 is 43.3. The van der Waals surface area contributed by atoms with Gasteiger partial charge in [0, 0.05) is 25.3 Å². The van der Waals surface area contributed by atoms with Crippen molar-refractivity contribution in [3.63, 3.8) is 0 Å². The van der Waals surface area contributed by atoms with Crippen LogP contribution in [-0.4, -0.2) is 19.7 Å². The van der Waals surface area contributed by atoms with Crippen molar-refractivity contribution in [1.82, 2.24) is 5.32 Å². The van der Waals surface area contributed by atoms with Crippen LogP contribution in [0, 0.1) is 0 Å². The summed E-state index contributed by atoms with van der Waals surface area (Å²) in [7, 11) is 0. The summed E-state index contributed by atoms with van der Waals surface area (Å²) in [6.45, 7) is 2.86. The molecule has 3 rings (SSSR count). The Morgan fingerprint density at radius 2 is 1.75 bits per heavy atom. The molecule has 0 unspecified atom stereocenters. The van der Waals surface area contributed by atoms with E-state index < -0.39 is 11.7 Å². The number of rotatable bonds is 4. The zero-order valence-corrected chi connectivity index (χ0v) is 13.1. The van der Waals surface area contributed by atoms with E-state index >= 15 is 0 Å². The van der Waals surface area contributed by atoms with E-state index in [2.05, 4.69) is 10.6 Å². The minimum atomic E-state index is -4.29. The molecule has 2 aromatic carbocycles. The van der Waals surface area contributed by atoms with Crippen LogP contribution in [-0.2, 0) is 17.5 Å². The van der Waals surface area contributed by atoms with Gasteiger partial charge in [0.25, 0.3) is 0 Å². The topological polar surface area (TPSA) is 33.3 Å². The Bertz CT molecular complexity index is 647. The number of benzene rings is 2. The highest BCUT2D eigenvalue weighted by molar-refractivity contribution is 5.45. The summed E-state index contributed by atoms with van der Waals surface area (Å²) in [4.78, 5) is 0. The third-order valence-corrected chi connectivity index (χ3v) is 3.99. The van der Waals surface area contributed by atoms with Crippen molar-refractivity contribution in [2.75, 3.05) is 25.0 Å². The molecule has 1 saturated heterocycles. The summed E-state index contributed by atoms with van der Waals surface area (Å²) in [5.41, 5.74) is 2.20. The maximum Gasteiger partial charge on any atom is 0.416 e. The summed E-state index contributed by atoms with van der Waals surface area (Å²) in [5, 5.41) is 6.50. The molecule has 0 spiro atoms. The zero-order chi connectivity index (χ0) is 17.0. The second-order valence-electron chi connectivity index (χ2n) is 5.73. The Kier molecular flexibility index (Phi) is 5.06. The number of hydrogen-bond donors (Lipinski definition) is 2. The number of morpholine rings is 1. The van der Waals surface area contributed by atoms with Crippen LogP contribution in [0.3, 0.4) is 0 Å². The van der Waals surface area contributed by atoms with Gasteiger partial charge in [-0.15, -0.1) is 0 Å². The van der Waals surface area contributed by atoms with E-state index in [1.807, 2.05) is 24.3 Å². The standard InChI is InChI=1S/C18H19F3N2O/c19-18(20,21)15-5-1-13(2-6-15)11-23-16-7-3-14(4-8-16)17-12-22-9-10-24-17/h1-8,17,22-23H,9-12H2/t17-/m1/s1. The molecule has 1 heterocycles. The first-order chi connectivity index (χ1) is 11.5. The smallest absolute Gasteiger partial charge is 0.381 e. The molecular formula is C18H19F3N2O. The van der Waals surface area contributed by atoms with Crippen LogP contribution >= 0.6 is 0 Å². The quantitative estimate of drug-likeness (QED) is 0.886. The van der Waals surface area contributed by atoms with Crippen LogP contribution in [0.25, 0.3) is 0 Å². The largest absolute Gasteiger partial charge is 0.416 e. The van der Waals surface area contributed by atoms with Gasteiger partial charge in [-0.1, -0.05) is 24.3 Å². The molecule has 0 bridgehead atoms. The SMILES string of the molecule is FC(F)(F)c1ccc(CNc2ccc([C@H]3CNCCO3)cc2)cc1. The molecule has 2 aromatic rings. The second-order valence-corrected chi connectivity index (χ2v) is 5.73. The van der Waals surface area contributed by atoms with Crippen LogP contribution in [0.15, 0.2) is 48.5 Å². The predicted octanol–water partition coefficient (Wildman–Crippen LogP) is 3.98. The Balaban J connectivity index is 1.56. The third kappa shape index (κ3) is 4.27. The van der Waals surface area contributed by atoms with Gasteiger partial charge in [0.05, 0.1) is 18.3 Å². The van der Waals surface area contributed by atoms with E-state index in [1.165, 1.54) is 12.1 Å². The number of halogens is 3. The summed E-state index contributed by atoms with van der Waals surface area (Å²) in [5.74, 6) is 0. The van der Waals surface area contributed by atoms with Gasteiger partial charge in [0.1, 0.15) is 0 Å². The lowest BCUT2D eigenvalue weighted by Gasteiger charge is -2.24. The number of nitrogens with one attached hydrogen (secondary N) is 2. The van der Waals surface area contributed by atoms with Gasteiger partial charge in [-0.2, -0.15) is 13.2 Å². The van der Waals surface area contributed by atoms with Crippen molar-refractivity contribution < 1.29 is 17.9 Å². The molecule has 0 amide bonds. The second kappa shape index (κ2) is 7.23. The highest BCUT2D eigenvalue weighted by Gasteiger charge is 2.29. The van der Waals surface area contributed by atoms with Crippen molar-refractivity contribution in [3.05, 3.63) is 65.2 Å². The first kappa shape index (κ1) is 16.8. The molecule has 1 atom stereocenters. The summed E-state index contributed by atoms with van der Waals surface area (Å²) in [6, 6.07) is 13.1. The zero-order valence-electron chi connectivity index (χ0n) is 13.1. The van der Waals surface area contributed by atoms with Crippen LogP contribution in [0.4, 0.5) is 18.9 Å². The van der Waals surface area contributed by atoms with Crippen LogP contribution in [0.2, 0.25) is 0 Å². The molecule has 1 fully saturated rings. The van der Waals surface area contributed by atoms with Crippen molar-refractivity contribution >= 4 is 5.69 Å². The van der Waals surface area contributed by atoms with E-state index in [9.17, 15) is 13.2 Å². The van der Waals surface area contributed by atoms with E-state index in [0.717, 1.165) is 42.0 Å². The number of alkyl halides is 3. The maximum atomic E-state index is 12.5. The lowest BCUT2D eigenvalue weighted by Crippen LogP contribution is -2.33. The third-order valence-electron chi connectivity index (χ3n) is 3.99. The van der Waals surface area contributed by atoms with Crippen molar-refractivity contribution in [1.29, 1.82) is 0 Å². The molecule has 3 nitrogen and oxygen atoms in total. The Hall–Kier alpha value is -2.05. The van der Waals surface area contributed by atoms with Gasteiger partial charge in [0.15, 0.2) is 0 Å². The fourth-order valence-electron chi connectivity index (χ4n) is 2.61. The average molecular weight is 336 g/mol. The molecular weight excluding hydrogens is 317 g/mol. The Morgan fingerprint density at radius 3 is 2.33 bits per heavy atom. The molecule has 0 aliphatic carbocycles. The average Bonchev–Trinajstić information content (AvgIpc) is 2.61. The first-order valence-electron chi connectivity index (χ1n) is 7.85. The van der Waals surface area contributed by atoms with Crippen LogP contribution in [0.5, 0.6) is 0 Å². The van der Waals surface area contributed by atoms with Gasteiger partial charge >= 0.3 is 6.18 Å². The summed E-state index contributed by atoms with van der Waals surface area (Å²) in [6.07, 6.45) is -4.22. The van der Waals surface area contributed by atoms with E-state index in [-0.39, 0.29) is 6.10 Å². The van der Waals surface area contributed by atoms with Gasteiger partial charge in [-0.3, -0.25) is 0 Å². The molecule has 24 heavy (non-hydrogen) atoms. The molecule has 0 aromatic heterocycles. The van der Waals surface area contributed by atoms with Gasteiger partial charge in [-0.05, 0) is 35.4 Å². The normalized spacial score (nSPS) is 18.4. The molecule has 1 aliphatic heterocycles. The van der Waals surface area contributed by atoms with E-state index in [4.69, 9.17) is 4.74 Å². The predicted molar refractivity (Wildman–Crippen MR) is 86.8 cm³/mol. The van der Waals surface area contributed by atoms with Crippen LogP contribution < -0.4 is 10.6 Å². The Labute approximate surface area is 138 Å². The van der Waals surface area contributed by atoms with Gasteiger partial charge in [0.2, 0.25) is 0 Å². The van der Waals surface area contributed by atoms with Crippen molar-refractivity contribution in [3.8, 4) is 0 Å². The first-order valence-corrected chi connectivity index (χ1v) is 7.85. The fraction of sp³-hybridized carbons (Fsp3) is 0.333. The van der Waals surface area contributed by atoms with E-state index in [1.54, 1.807) is 0 Å². The van der Waals surface area contributed by atoms with Crippen molar-refractivity contribution in [2.45, 2.75) is 18.8 Å². The number of anilines is 1. The lowest BCUT2D eigenvalue weighted by atomic mass is 10.1. The Morgan fingerprint density at radius 1 is 1.04 bits per heavy atom. The minimum absolute atomic E-state index is 0.0720. The molecule has 0 radical (unpaired) electrons. The van der Waals surface area contributed by atoms with Gasteiger partial charge in [-0.25, -0.2) is 0 Å². The van der Waals surface area contributed by atoms with Crippen molar-refractivity contribution in [2.24, 2.45) is 0 Å².